The molecule has 2 aliphatic heterocycles. The molecule has 1 aromatic carbocycles. The number of rotatable bonds is 4. The second kappa shape index (κ2) is 5.72. The van der Waals surface area contributed by atoms with Gasteiger partial charge in [-0.3, -0.25) is 4.79 Å². The van der Waals surface area contributed by atoms with Crippen LogP contribution in [0.1, 0.15) is 10.4 Å². The highest BCUT2D eigenvalue weighted by Crippen LogP contribution is 2.25. The summed E-state index contributed by atoms with van der Waals surface area (Å²) in [6, 6.07) is 7.89. The van der Waals surface area contributed by atoms with Gasteiger partial charge in [0.15, 0.2) is 0 Å². The number of nitrogens with one attached hydrogen (secondary N) is 1. The Labute approximate surface area is 114 Å². The van der Waals surface area contributed by atoms with E-state index in [1.54, 1.807) is 0 Å². The van der Waals surface area contributed by atoms with Gasteiger partial charge >= 0.3 is 0 Å². The zero-order chi connectivity index (χ0) is 13.1. The Morgan fingerprint density at radius 2 is 2.05 bits per heavy atom. The van der Waals surface area contributed by atoms with E-state index in [4.69, 9.17) is 0 Å². The molecule has 19 heavy (non-hydrogen) atoms. The SMILES string of the molecule is O=Cc1cccc(N2CC(CN3CCNCC3)C2)c1. The van der Waals surface area contributed by atoms with Crippen LogP contribution in [0, 0.1) is 5.92 Å². The second-order valence-electron chi connectivity index (χ2n) is 5.53. The molecular weight excluding hydrogens is 238 g/mol. The summed E-state index contributed by atoms with van der Waals surface area (Å²) < 4.78 is 0. The molecule has 2 fully saturated rings. The maximum Gasteiger partial charge on any atom is 0.150 e. The third-order valence-corrected chi connectivity index (χ3v) is 4.05. The lowest BCUT2D eigenvalue weighted by molar-refractivity contribution is 0.112. The van der Waals surface area contributed by atoms with Gasteiger partial charge in [-0.2, -0.15) is 0 Å². The van der Waals surface area contributed by atoms with E-state index in [1.807, 2.05) is 18.2 Å². The van der Waals surface area contributed by atoms with Crippen LogP contribution in [-0.4, -0.2) is 57.0 Å². The van der Waals surface area contributed by atoms with Gasteiger partial charge in [-0.05, 0) is 12.1 Å². The molecule has 2 saturated heterocycles. The predicted octanol–water partition coefficient (Wildman–Crippen LogP) is 0.840. The molecule has 0 spiro atoms. The quantitative estimate of drug-likeness (QED) is 0.813. The number of carbonyl (C=O) groups is 1. The fourth-order valence-corrected chi connectivity index (χ4v) is 2.95. The number of piperazine rings is 1. The van der Waals surface area contributed by atoms with Crippen LogP contribution in [0.5, 0.6) is 0 Å². The Hall–Kier alpha value is -1.39. The molecule has 0 aliphatic carbocycles. The molecule has 1 aromatic rings. The minimum atomic E-state index is 0.767. The largest absolute Gasteiger partial charge is 0.371 e. The lowest BCUT2D eigenvalue weighted by Gasteiger charge is -2.44. The smallest absolute Gasteiger partial charge is 0.150 e. The number of benzene rings is 1. The summed E-state index contributed by atoms with van der Waals surface area (Å²) in [6.07, 6.45) is 0.918. The van der Waals surface area contributed by atoms with Crippen molar-refractivity contribution in [3.8, 4) is 0 Å². The highest BCUT2D eigenvalue weighted by molar-refractivity contribution is 5.77. The van der Waals surface area contributed by atoms with E-state index in [-0.39, 0.29) is 0 Å². The summed E-state index contributed by atoms with van der Waals surface area (Å²) >= 11 is 0. The minimum Gasteiger partial charge on any atom is -0.371 e. The number of carbonyl (C=O) groups excluding carboxylic acids is 1. The average Bonchev–Trinajstić information content (AvgIpc) is 2.43. The van der Waals surface area contributed by atoms with E-state index < -0.39 is 0 Å². The van der Waals surface area contributed by atoms with Crippen molar-refractivity contribution in [2.24, 2.45) is 5.92 Å². The lowest BCUT2D eigenvalue weighted by Crippen LogP contribution is -2.54. The van der Waals surface area contributed by atoms with Gasteiger partial charge in [-0.25, -0.2) is 0 Å². The topological polar surface area (TPSA) is 35.6 Å². The summed E-state index contributed by atoms with van der Waals surface area (Å²) in [7, 11) is 0. The van der Waals surface area contributed by atoms with Crippen molar-refractivity contribution in [3.05, 3.63) is 29.8 Å². The zero-order valence-electron chi connectivity index (χ0n) is 11.2. The predicted molar refractivity (Wildman–Crippen MR) is 76.8 cm³/mol. The summed E-state index contributed by atoms with van der Waals surface area (Å²) in [5, 5.41) is 3.39. The van der Waals surface area contributed by atoms with Crippen molar-refractivity contribution >= 4 is 12.0 Å². The Kier molecular flexibility index (Phi) is 3.80. The molecule has 4 heteroatoms. The van der Waals surface area contributed by atoms with Crippen molar-refractivity contribution in [1.82, 2.24) is 10.2 Å². The molecule has 0 saturated carbocycles. The van der Waals surface area contributed by atoms with Crippen LogP contribution in [0.15, 0.2) is 24.3 Å². The molecule has 0 aromatic heterocycles. The molecule has 2 heterocycles. The summed E-state index contributed by atoms with van der Waals surface area (Å²) in [5.74, 6) is 0.776. The second-order valence-corrected chi connectivity index (χ2v) is 5.53. The summed E-state index contributed by atoms with van der Waals surface area (Å²) in [5.41, 5.74) is 1.95. The van der Waals surface area contributed by atoms with Gasteiger partial charge in [-0.15, -0.1) is 0 Å². The fraction of sp³-hybridized carbons (Fsp3) is 0.533. The van der Waals surface area contributed by atoms with E-state index in [9.17, 15) is 4.79 Å². The van der Waals surface area contributed by atoms with Gasteiger partial charge < -0.3 is 15.1 Å². The lowest BCUT2D eigenvalue weighted by atomic mass is 9.98. The van der Waals surface area contributed by atoms with Crippen LogP contribution >= 0.6 is 0 Å². The number of hydrogen-bond acceptors (Lipinski definition) is 4. The third kappa shape index (κ3) is 2.96. The van der Waals surface area contributed by atoms with Gasteiger partial charge in [0.05, 0.1) is 0 Å². The highest BCUT2D eigenvalue weighted by Gasteiger charge is 2.28. The van der Waals surface area contributed by atoms with E-state index in [0.717, 1.165) is 43.9 Å². The van der Waals surface area contributed by atoms with Crippen LogP contribution in [-0.2, 0) is 0 Å². The van der Waals surface area contributed by atoms with Crippen LogP contribution in [0.2, 0.25) is 0 Å². The molecule has 0 atom stereocenters. The molecule has 1 N–H and O–H groups in total. The van der Waals surface area contributed by atoms with Gasteiger partial charge in [-0.1, -0.05) is 12.1 Å². The minimum absolute atomic E-state index is 0.767. The van der Waals surface area contributed by atoms with Crippen LogP contribution in [0.4, 0.5) is 5.69 Å². The monoisotopic (exact) mass is 259 g/mol. The Morgan fingerprint density at radius 3 is 2.79 bits per heavy atom. The molecule has 0 radical (unpaired) electrons. The molecule has 0 bridgehead atoms. The first-order chi connectivity index (χ1) is 9.35. The van der Waals surface area contributed by atoms with E-state index in [2.05, 4.69) is 21.2 Å². The van der Waals surface area contributed by atoms with Crippen LogP contribution in [0.25, 0.3) is 0 Å². The first-order valence-corrected chi connectivity index (χ1v) is 7.08. The zero-order valence-corrected chi connectivity index (χ0v) is 11.2. The van der Waals surface area contributed by atoms with Crippen molar-refractivity contribution in [2.75, 3.05) is 50.7 Å². The Balaban J connectivity index is 1.50. The maximum atomic E-state index is 10.8. The first-order valence-electron chi connectivity index (χ1n) is 7.08. The Morgan fingerprint density at radius 1 is 1.26 bits per heavy atom. The average molecular weight is 259 g/mol. The van der Waals surface area contributed by atoms with E-state index >= 15 is 0 Å². The van der Waals surface area contributed by atoms with Gasteiger partial charge in [0, 0.05) is 63.0 Å². The number of aldehydes is 1. The normalized spacial score (nSPS) is 21.2. The fourth-order valence-electron chi connectivity index (χ4n) is 2.95. The third-order valence-electron chi connectivity index (χ3n) is 4.05. The van der Waals surface area contributed by atoms with Gasteiger partial charge in [0.1, 0.15) is 6.29 Å². The van der Waals surface area contributed by atoms with Gasteiger partial charge in [0.2, 0.25) is 0 Å². The van der Waals surface area contributed by atoms with Crippen LogP contribution < -0.4 is 10.2 Å². The molecule has 0 unspecified atom stereocenters. The van der Waals surface area contributed by atoms with Crippen molar-refractivity contribution < 1.29 is 4.79 Å². The molecule has 102 valence electrons. The Bertz CT molecular complexity index is 437. The van der Waals surface area contributed by atoms with Gasteiger partial charge in [0.25, 0.3) is 0 Å². The summed E-state index contributed by atoms with van der Waals surface area (Å²) in [4.78, 5) is 15.7. The maximum absolute atomic E-state index is 10.8. The number of hydrogen-bond donors (Lipinski definition) is 1. The number of anilines is 1. The first kappa shape index (κ1) is 12.6. The van der Waals surface area contributed by atoms with E-state index in [0.29, 0.717) is 0 Å². The molecule has 0 amide bonds. The standard InChI is InChI=1S/C15H21N3O/c19-12-13-2-1-3-15(8-13)18-10-14(11-18)9-17-6-4-16-5-7-17/h1-3,8,12,14,16H,4-7,9-11H2. The molecule has 3 rings (SSSR count). The molecule has 2 aliphatic rings. The van der Waals surface area contributed by atoms with Crippen molar-refractivity contribution in [1.29, 1.82) is 0 Å². The summed E-state index contributed by atoms with van der Waals surface area (Å²) in [6.45, 7) is 8.05. The van der Waals surface area contributed by atoms with Crippen LogP contribution in [0.3, 0.4) is 0 Å². The number of nitrogens with zero attached hydrogens (tertiary/aromatic N) is 2. The van der Waals surface area contributed by atoms with Crippen molar-refractivity contribution in [3.63, 3.8) is 0 Å². The molecular formula is C15H21N3O. The van der Waals surface area contributed by atoms with Crippen molar-refractivity contribution in [2.45, 2.75) is 0 Å². The highest BCUT2D eigenvalue weighted by atomic mass is 16.1. The molecule has 4 nitrogen and oxygen atoms in total. The van der Waals surface area contributed by atoms with E-state index in [1.165, 1.54) is 25.3 Å².